The maximum absolute atomic E-state index is 12.2. The number of amides is 1. The number of rotatable bonds is 6. The maximum Gasteiger partial charge on any atom is 0.274 e. The van der Waals surface area contributed by atoms with Crippen LogP contribution in [0.4, 0.5) is 11.6 Å². The Morgan fingerprint density at radius 3 is 2.86 bits per heavy atom. The van der Waals surface area contributed by atoms with Crippen molar-refractivity contribution in [3.8, 4) is 0 Å². The quantitative estimate of drug-likeness (QED) is 0.761. The number of benzene rings is 1. The Bertz CT molecular complexity index is 660. The second-order valence-electron chi connectivity index (χ2n) is 4.96. The lowest BCUT2D eigenvalue weighted by Gasteiger charge is -2.08. The average molecular weight is 363 g/mol. The van der Waals surface area contributed by atoms with Crippen molar-refractivity contribution in [1.29, 1.82) is 0 Å². The predicted molar refractivity (Wildman–Crippen MR) is 92.3 cm³/mol. The maximum atomic E-state index is 12.2. The molecule has 2 aromatic rings. The van der Waals surface area contributed by atoms with Gasteiger partial charge in [0, 0.05) is 22.9 Å². The van der Waals surface area contributed by atoms with Gasteiger partial charge in [-0.3, -0.25) is 4.79 Å². The fourth-order valence-electron chi connectivity index (χ4n) is 1.81. The van der Waals surface area contributed by atoms with Gasteiger partial charge >= 0.3 is 0 Å². The molecular formula is C16H19BrN4O. The van der Waals surface area contributed by atoms with E-state index >= 15 is 0 Å². The van der Waals surface area contributed by atoms with Crippen LogP contribution in [0.15, 0.2) is 34.9 Å². The third kappa shape index (κ3) is 4.53. The highest BCUT2D eigenvalue weighted by molar-refractivity contribution is 9.10. The summed E-state index contributed by atoms with van der Waals surface area (Å²) in [6, 6.07) is 7.27. The zero-order valence-electron chi connectivity index (χ0n) is 12.7. The summed E-state index contributed by atoms with van der Waals surface area (Å²) in [5.41, 5.74) is 2.18. The van der Waals surface area contributed by atoms with Crippen molar-refractivity contribution in [2.75, 3.05) is 17.2 Å². The molecule has 5 nitrogen and oxygen atoms in total. The number of unbranched alkanes of at least 4 members (excludes halogenated alkanes) is 1. The normalized spacial score (nSPS) is 10.3. The molecule has 2 N–H and O–H groups in total. The standard InChI is InChI=1S/C16H19BrN4O/c1-3-4-8-18-16-19-9-7-14(21-16)15(22)20-12-6-5-11(2)13(17)10-12/h5-7,9-10H,3-4,8H2,1-2H3,(H,20,22)(H,18,19,21). The van der Waals surface area contributed by atoms with Crippen molar-refractivity contribution in [2.45, 2.75) is 26.7 Å². The second kappa shape index (κ2) is 7.89. The Morgan fingerprint density at radius 2 is 2.14 bits per heavy atom. The lowest BCUT2D eigenvalue weighted by Crippen LogP contribution is -2.15. The van der Waals surface area contributed by atoms with E-state index in [-0.39, 0.29) is 5.91 Å². The molecule has 1 aromatic heterocycles. The first-order valence-electron chi connectivity index (χ1n) is 7.24. The van der Waals surface area contributed by atoms with Crippen molar-refractivity contribution in [2.24, 2.45) is 0 Å². The number of aryl methyl sites for hydroxylation is 1. The molecule has 0 aliphatic carbocycles. The van der Waals surface area contributed by atoms with Gasteiger partial charge in [-0.25, -0.2) is 9.97 Å². The molecule has 0 saturated carbocycles. The van der Waals surface area contributed by atoms with Gasteiger partial charge in [0.15, 0.2) is 0 Å². The van der Waals surface area contributed by atoms with Crippen molar-refractivity contribution < 1.29 is 4.79 Å². The van der Waals surface area contributed by atoms with E-state index in [9.17, 15) is 4.79 Å². The highest BCUT2D eigenvalue weighted by Crippen LogP contribution is 2.21. The topological polar surface area (TPSA) is 66.9 Å². The van der Waals surface area contributed by atoms with Crippen molar-refractivity contribution >= 4 is 33.5 Å². The molecule has 1 aromatic carbocycles. The van der Waals surface area contributed by atoms with E-state index < -0.39 is 0 Å². The van der Waals surface area contributed by atoms with Gasteiger partial charge in [-0.15, -0.1) is 0 Å². The Labute approximate surface area is 138 Å². The van der Waals surface area contributed by atoms with Crippen molar-refractivity contribution in [3.05, 3.63) is 46.2 Å². The Balaban J connectivity index is 2.05. The predicted octanol–water partition coefficient (Wildman–Crippen LogP) is 4.01. The van der Waals surface area contributed by atoms with Gasteiger partial charge in [0.25, 0.3) is 5.91 Å². The molecule has 2 rings (SSSR count). The zero-order valence-corrected chi connectivity index (χ0v) is 14.3. The van der Waals surface area contributed by atoms with Gasteiger partial charge < -0.3 is 10.6 Å². The van der Waals surface area contributed by atoms with Crippen LogP contribution < -0.4 is 10.6 Å². The number of hydrogen-bond donors (Lipinski definition) is 2. The molecule has 22 heavy (non-hydrogen) atoms. The van der Waals surface area contributed by atoms with E-state index in [1.54, 1.807) is 12.3 Å². The van der Waals surface area contributed by atoms with Gasteiger partial charge in [0.05, 0.1) is 0 Å². The Hall–Kier alpha value is -1.95. The van der Waals surface area contributed by atoms with Crippen LogP contribution in [-0.2, 0) is 0 Å². The molecule has 1 heterocycles. The zero-order chi connectivity index (χ0) is 15.9. The Kier molecular flexibility index (Phi) is 5.89. The van der Waals surface area contributed by atoms with E-state index in [2.05, 4.69) is 43.5 Å². The van der Waals surface area contributed by atoms with E-state index in [0.717, 1.165) is 35.1 Å². The number of nitrogens with one attached hydrogen (secondary N) is 2. The van der Waals surface area contributed by atoms with Crippen LogP contribution in [-0.4, -0.2) is 22.4 Å². The number of carbonyl (C=O) groups is 1. The van der Waals surface area contributed by atoms with E-state index in [4.69, 9.17) is 0 Å². The number of nitrogens with zero attached hydrogens (tertiary/aromatic N) is 2. The van der Waals surface area contributed by atoms with E-state index in [1.165, 1.54) is 0 Å². The molecule has 0 atom stereocenters. The van der Waals surface area contributed by atoms with E-state index in [0.29, 0.717) is 11.6 Å². The smallest absolute Gasteiger partial charge is 0.274 e. The van der Waals surface area contributed by atoms with Crippen LogP contribution in [0.3, 0.4) is 0 Å². The molecular weight excluding hydrogens is 344 g/mol. The summed E-state index contributed by atoms with van der Waals surface area (Å²) >= 11 is 3.45. The molecule has 0 unspecified atom stereocenters. The monoisotopic (exact) mass is 362 g/mol. The molecule has 0 spiro atoms. The highest BCUT2D eigenvalue weighted by Gasteiger charge is 2.09. The molecule has 0 fully saturated rings. The second-order valence-corrected chi connectivity index (χ2v) is 5.82. The number of carbonyl (C=O) groups excluding carboxylic acids is 1. The first kappa shape index (κ1) is 16.4. The number of halogens is 1. The van der Waals surface area contributed by atoms with Crippen LogP contribution in [0.25, 0.3) is 0 Å². The molecule has 1 amide bonds. The van der Waals surface area contributed by atoms with Gasteiger partial charge in [0.2, 0.25) is 5.95 Å². The summed E-state index contributed by atoms with van der Waals surface area (Å²) in [7, 11) is 0. The summed E-state index contributed by atoms with van der Waals surface area (Å²) in [4.78, 5) is 20.6. The molecule has 0 aliphatic rings. The van der Waals surface area contributed by atoms with Gasteiger partial charge in [-0.2, -0.15) is 0 Å². The number of aromatic nitrogens is 2. The van der Waals surface area contributed by atoms with Crippen molar-refractivity contribution in [3.63, 3.8) is 0 Å². The van der Waals surface area contributed by atoms with Crippen LogP contribution >= 0.6 is 15.9 Å². The summed E-state index contributed by atoms with van der Waals surface area (Å²) in [6.45, 7) is 4.91. The van der Waals surface area contributed by atoms with Crippen LogP contribution in [0, 0.1) is 6.92 Å². The summed E-state index contributed by atoms with van der Waals surface area (Å²) < 4.78 is 0.954. The molecule has 0 saturated heterocycles. The Morgan fingerprint density at radius 1 is 1.32 bits per heavy atom. The third-order valence-electron chi connectivity index (χ3n) is 3.13. The van der Waals surface area contributed by atoms with Gasteiger partial charge in [-0.1, -0.05) is 35.3 Å². The first-order chi connectivity index (χ1) is 10.6. The third-order valence-corrected chi connectivity index (χ3v) is 3.99. The van der Waals surface area contributed by atoms with Crippen LogP contribution in [0.2, 0.25) is 0 Å². The minimum absolute atomic E-state index is 0.253. The summed E-state index contributed by atoms with van der Waals surface area (Å²) in [5, 5.41) is 5.95. The largest absolute Gasteiger partial charge is 0.354 e. The van der Waals surface area contributed by atoms with Gasteiger partial charge in [0.1, 0.15) is 5.69 Å². The average Bonchev–Trinajstić information content (AvgIpc) is 2.51. The fraction of sp³-hybridized carbons (Fsp3) is 0.312. The first-order valence-corrected chi connectivity index (χ1v) is 8.04. The molecule has 0 radical (unpaired) electrons. The lowest BCUT2D eigenvalue weighted by atomic mass is 10.2. The van der Waals surface area contributed by atoms with E-state index in [1.807, 2.05) is 25.1 Å². The van der Waals surface area contributed by atoms with Crippen molar-refractivity contribution in [1.82, 2.24) is 9.97 Å². The number of anilines is 2. The summed E-state index contributed by atoms with van der Waals surface area (Å²) in [5.74, 6) is 0.225. The minimum Gasteiger partial charge on any atom is -0.354 e. The highest BCUT2D eigenvalue weighted by atomic mass is 79.9. The lowest BCUT2D eigenvalue weighted by molar-refractivity contribution is 0.102. The minimum atomic E-state index is -0.253. The van der Waals surface area contributed by atoms with Crippen LogP contribution in [0.5, 0.6) is 0 Å². The number of hydrogen-bond acceptors (Lipinski definition) is 4. The SMILES string of the molecule is CCCCNc1nccc(C(=O)Nc2ccc(C)c(Br)c2)n1. The molecule has 116 valence electrons. The molecule has 6 heteroatoms. The molecule has 0 aliphatic heterocycles. The molecule has 0 bridgehead atoms. The van der Waals surface area contributed by atoms with Gasteiger partial charge in [-0.05, 0) is 37.1 Å². The fourth-order valence-corrected chi connectivity index (χ4v) is 2.19. The van der Waals surface area contributed by atoms with Crippen LogP contribution in [0.1, 0.15) is 35.8 Å². The summed E-state index contributed by atoms with van der Waals surface area (Å²) in [6.07, 6.45) is 3.72.